The van der Waals surface area contributed by atoms with E-state index in [-0.39, 0.29) is 31.4 Å². The van der Waals surface area contributed by atoms with Crippen LogP contribution in [0.1, 0.15) is 49.7 Å². The van der Waals surface area contributed by atoms with Crippen LogP contribution in [-0.4, -0.2) is 42.3 Å². The van der Waals surface area contributed by atoms with Gasteiger partial charge in [0.15, 0.2) is 0 Å². The maximum absolute atomic E-state index is 12.8. The number of rotatable bonds is 8. The number of ether oxygens (including phenoxy) is 1. The fraction of sp³-hybridized carbons (Fsp3) is 0.393. The average molecular weight is 475 g/mol. The molecule has 7 nitrogen and oxygen atoms in total. The molecule has 4 rings (SSSR count). The molecule has 2 amide bonds. The van der Waals surface area contributed by atoms with E-state index in [9.17, 15) is 19.5 Å². The van der Waals surface area contributed by atoms with Gasteiger partial charge < -0.3 is 20.5 Å². The monoisotopic (exact) mass is 474 g/mol. The highest BCUT2D eigenvalue weighted by atomic mass is 16.5. The number of alkyl carbamates (subject to hydrolysis) is 1. The standard InChI is InChI=1S/C28H30N2O5/c1-2-3-15-25(26(31)29-16-18-9-8-14-19(18)27(32)33)30-28(34)35-17-24-22-12-6-4-10-20(22)21-11-5-7-13-23(21)24/h4-7,10-13,18-19,24-25H,8-9,14-17H2,1H3,(H,29,31)(H,30,34)(H,32,33)/t18-,19-,25?/m1/s1. The van der Waals surface area contributed by atoms with Crippen molar-refractivity contribution in [3.8, 4) is 23.0 Å². The minimum absolute atomic E-state index is 0.0776. The summed E-state index contributed by atoms with van der Waals surface area (Å²) < 4.78 is 5.57. The molecule has 35 heavy (non-hydrogen) atoms. The molecule has 2 aliphatic rings. The molecule has 3 atom stereocenters. The van der Waals surface area contributed by atoms with E-state index in [2.05, 4.69) is 34.6 Å². The van der Waals surface area contributed by atoms with E-state index in [1.165, 1.54) is 0 Å². The van der Waals surface area contributed by atoms with Gasteiger partial charge in [0, 0.05) is 18.9 Å². The maximum atomic E-state index is 12.8. The van der Waals surface area contributed by atoms with Crippen LogP contribution in [0.2, 0.25) is 0 Å². The highest BCUT2D eigenvalue weighted by molar-refractivity contribution is 5.86. The second-order valence-electron chi connectivity index (χ2n) is 9.03. The van der Waals surface area contributed by atoms with Gasteiger partial charge >= 0.3 is 12.1 Å². The molecule has 1 unspecified atom stereocenters. The second-order valence-corrected chi connectivity index (χ2v) is 9.03. The summed E-state index contributed by atoms with van der Waals surface area (Å²) in [7, 11) is 0. The van der Waals surface area contributed by atoms with Crippen molar-refractivity contribution in [3.63, 3.8) is 0 Å². The van der Waals surface area contributed by atoms with E-state index < -0.39 is 29.9 Å². The molecule has 0 heterocycles. The van der Waals surface area contributed by atoms with Crippen molar-refractivity contribution in [1.82, 2.24) is 10.6 Å². The Morgan fingerprint density at radius 3 is 2.34 bits per heavy atom. The number of aliphatic carboxylic acids is 1. The number of carboxylic acids is 1. The van der Waals surface area contributed by atoms with Crippen molar-refractivity contribution in [3.05, 3.63) is 59.7 Å². The first-order chi connectivity index (χ1) is 17.0. The zero-order valence-electron chi connectivity index (χ0n) is 19.8. The Balaban J connectivity index is 1.36. The molecule has 2 aromatic rings. The summed E-state index contributed by atoms with van der Waals surface area (Å²) in [6, 6.07) is 15.3. The van der Waals surface area contributed by atoms with Crippen molar-refractivity contribution in [2.24, 2.45) is 11.8 Å². The third-order valence-corrected chi connectivity index (χ3v) is 6.95. The Kier molecular flexibility index (Phi) is 7.71. The zero-order chi connectivity index (χ0) is 24.8. The summed E-state index contributed by atoms with van der Waals surface area (Å²) in [4.78, 5) is 36.9. The maximum Gasteiger partial charge on any atom is 0.407 e. The van der Waals surface area contributed by atoms with Crippen LogP contribution in [0, 0.1) is 23.7 Å². The third-order valence-electron chi connectivity index (χ3n) is 6.95. The first-order valence-electron chi connectivity index (χ1n) is 12.0. The normalized spacial score (nSPS) is 19.0. The lowest BCUT2D eigenvalue weighted by Gasteiger charge is -2.21. The van der Waals surface area contributed by atoms with Crippen LogP contribution in [0.15, 0.2) is 48.5 Å². The van der Waals surface area contributed by atoms with Crippen LogP contribution >= 0.6 is 0 Å². The van der Waals surface area contributed by atoms with Crippen molar-refractivity contribution < 1.29 is 24.2 Å². The molecule has 0 aliphatic heterocycles. The van der Waals surface area contributed by atoms with Gasteiger partial charge in [0.05, 0.1) is 5.92 Å². The van der Waals surface area contributed by atoms with Crippen LogP contribution in [0.4, 0.5) is 4.79 Å². The minimum atomic E-state index is -0.886. The molecule has 3 N–H and O–H groups in total. The fourth-order valence-electron chi connectivity index (χ4n) is 5.16. The van der Waals surface area contributed by atoms with E-state index in [1.807, 2.05) is 36.4 Å². The van der Waals surface area contributed by atoms with Gasteiger partial charge in [-0.25, -0.2) is 4.79 Å². The van der Waals surface area contributed by atoms with Gasteiger partial charge in [-0.1, -0.05) is 55.0 Å². The molecule has 1 saturated carbocycles. The summed E-state index contributed by atoms with van der Waals surface area (Å²) in [5, 5.41) is 14.8. The number of carboxylic acid groups (broad SMARTS) is 1. The lowest BCUT2D eigenvalue weighted by atomic mass is 9.96. The molecule has 1 fully saturated rings. The van der Waals surface area contributed by atoms with E-state index in [4.69, 9.17) is 4.74 Å². The lowest BCUT2D eigenvalue weighted by Crippen LogP contribution is -2.48. The summed E-state index contributed by atoms with van der Waals surface area (Å²) in [5.41, 5.74) is 4.49. The molecule has 0 bridgehead atoms. The van der Waals surface area contributed by atoms with Crippen molar-refractivity contribution in [2.45, 2.75) is 44.6 Å². The van der Waals surface area contributed by atoms with Gasteiger partial charge in [-0.05, 0) is 47.9 Å². The third kappa shape index (κ3) is 5.48. The van der Waals surface area contributed by atoms with Gasteiger partial charge in [-0.3, -0.25) is 9.59 Å². The number of hydrogen-bond acceptors (Lipinski definition) is 4. The van der Waals surface area contributed by atoms with Crippen molar-refractivity contribution in [2.75, 3.05) is 13.2 Å². The Morgan fingerprint density at radius 1 is 1.06 bits per heavy atom. The number of nitrogens with one attached hydrogen (secondary N) is 2. The number of benzene rings is 2. The number of carbonyl (C=O) groups is 3. The quantitative estimate of drug-likeness (QED) is 0.503. The second kappa shape index (κ2) is 11.1. The molecule has 0 spiro atoms. The number of carbonyl (C=O) groups excluding carboxylic acids is 2. The predicted octanol–water partition coefficient (Wildman–Crippen LogP) is 3.92. The molecule has 0 radical (unpaired) electrons. The number of fused-ring (bicyclic) bond motifs is 3. The Hall–Kier alpha value is -3.79. The minimum Gasteiger partial charge on any atom is -0.481 e. The number of hydrogen-bond donors (Lipinski definition) is 3. The van der Waals surface area contributed by atoms with Gasteiger partial charge in [0.25, 0.3) is 0 Å². The highest BCUT2D eigenvalue weighted by Crippen LogP contribution is 2.44. The first kappa shape index (κ1) is 24.3. The largest absolute Gasteiger partial charge is 0.481 e. The SMILES string of the molecule is CC#CCC(NC(=O)OCC1c2ccccc2-c2ccccc21)C(=O)NC[C@H]1CCC[C@H]1C(=O)O. The van der Waals surface area contributed by atoms with E-state index in [0.717, 1.165) is 35.1 Å². The molecule has 7 heteroatoms. The molecule has 2 aliphatic carbocycles. The Bertz CT molecular complexity index is 1120. The topological polar surface area (TPSA) is 105 Å². The van der Waals surface area contributed by atoms with Crippen LogP contribution in [0.3, 0.4) is 0 Å². The summed E-state index contributed by atoms with van der Waals surface area (Å²) in [6.45, 7) is 2.08. The average Bonchev–Trinajstić information content (AvgIpc) is 3.47. The van der Waals surface area contributed by atoms with Crippen LogP contribution < -0.4 is 10.6 Å². The highest BCUT2D eigenvalue weighted by Gasteiger charge is 2.34. The fourth-order valence-corrected chi connectivity index (χ4v) is 5.16. The molecule has 0 aromatic heterocycles. The molecule has 182 valence electrons. The van der Waals surface area contributed by atoms with Crippen LogP contribution in [0.25, 0.3) is 11.1 Å². The van der Waals surface area contributed by atoms with E-state index in [0.29, 0.717) is 6.42 Å². The molecular formula is C28H30N2O5. The summed E-state index contributed by atoms with van der Waals surface area (Å²) in [5.74, 6) is 3.73. The Labute approximate surface area is 205 Å². The molecule has 2 aromatic carbocycles. The Morgan fingerprint density at radius 2 is 1.71 bits per heavy atom. The predicted molar refractivity (Wildman–Crippen MR) is 132 cm³/mol. The smallest absolute Gasteiger partial charge is 0.407 e. The van der Waals surface area contributed by atoms with Crippen molar-refractivity contribution in [1.29, 1.82) is 0 Å². The van der Waals surface area contributed by atoms with E-state index in [1.54, 1.807) is 6.92 Å². The summed E-state index contributed by atoms with van der Waals surface area (Å²) in [6.07, 6.45) is 1.67. The van der Waals surface area contributed by atoms with Gasteiger partial charge in [-0.2, -0.15) is 0 Å². The first-order valence-corrected chi connectivity index (χ1v) is 12.0. The lowest BCUT2D eigenvalue weighted by molar-refractivity contribution is -0.143. The molecular weight excluding hydrogens is 444 g/mol. The van der Waals surface area contributed by atoms with Crippen molar-refractivity contribution >= 4 is 18.0 Å². The number of amides is 2. The van der Waals surface area contributed by atoms with Gasteiger partial charge in [0.1, 0.15) is 12.6 Å². The van der Waals surface area contributed by atoms with Gasteiger partial charge in [0.2, 0.25) is 5.91 Å². The van der Waals surface area contributed by atoms with Crippen LogP contribution in [0.5, 0.6) is 0 Å². The zero-order valence-corrected chi connectivity index (χ0v) is 19.8. The summed E-state index contributed by atoms with van der Waals surface area (Å²) >= 11 is 0. The van der Waals surface area contributed by atoms with Crippen LogP contribution in [-0.2, 0) is 14.3 Å². The van der Waals surface area contributed by atoms with Gasteiger partial charge in [-0.15, -0.1) is 11.8 Å². The van der Waals surface area contributed by atoms with E-state index >= 15 is 0 Å². The molecule has 0 saturated heterocycles.